The fraction of sp³-hybridized carbons (Fsp3) is 0.500. The largest absolute Gasteiger partial charge is 0.366 e. The molecular weight excluding hydrogens is 191 g/mol. The number of nitrogens with one attached hydrogen (secondary N) is 1. The lowest BCUT2D eigenvalue weighted by Gasteiger charge is -2.35. The van der Waals surface area contributed by atoms with Gasteiger partial charge in [-0.1, -0.05) is 12.1 Å². The van der Waals surface area contributed by atoms with Gasteiger partial charge in [-0.05, 0) is 25.0 Å². The number of hydrogen-bond acceptors (Lipinski definition) is 2. The van der Waals surface area contributed by atoms with Crippen molar-refractivity contribution >= 4 is 5.69 Å². The first kappa shape index (κ1) is 9.16. The second-order valence-corrected chi connectivity index (χ2v) is 4.58. The highest BCUT2D eigenvalue weighted by Gasteiger charge is 2.45. The Morgan fingerprint density at radius 3 is 2.80 bits per heavy atom. The quantitative estimate of drug-likeness (QED) is 0.753. The first-order valence-electron chi connectivity index (χ1n) is 5.54. The molecule has 80 valence electrons. The van der Waals surface area contributed by atoms with E-state index in [-0.39, 0.29) is 5.82 Å². The molecule has 0 unspecified atom stereocenters. The molecule has 2 aliphatic rings. The van der Waals surface area contributed by atoms with Gasteiger partial charge in [-0.2, -0.15) is 0 Å². The highest BCUT2D eigenvalue weighted by Crippen LogP contribution is 2.38. The predicted octanol–water partition coefficient (Wildman–Crippen LogP) is 1.77. The molecule has 1 aliphatic carbocycles. The Morgan fingerprint density at radius 1 is 1.27 bits per heavy atom. The van der Waals surface area contributed by atoms with E-state index in [1.54, 1.807) is 6.07 Å². The van der Waals surface area contributed by atoms with E-state index in [0.717, 1.165) is 25.3 Å². The fourth-order valence-electron chi connectivity index (χ4n) is 2.36. The SMILES string of the molecule is Fc1ccccc1N1CCNC2(CC2)C1. The Kier molecular flexibility index (Phi) is 1.96. The van der Waals surface area contributed by atoms with Crippen LogP contribution in [-0.4, -0.2) is 25.2 Å². The van der Waals surface area contributed by atoms with Gasteiger partial charge >= 0.3 is 0 Å². The normalized spacial score (nSPS) is 23.1. The zero-order valence-electron chi connectivity index (χ0n) is 8.67. The monoisotopic (exact) mass is 206 g/mol. The molecule has 1 heterocycles. The number of halogens is 1. The molecule has 3 rings (SSSR count). The summed E-state index contributed by atoms with van der Waals surface area (Å²) in [6, 6.07) is 7.06. The zero-order valence-corrected chi connectivity index (χ0v) is 8.67. The summed E-state index contributed by atoms with van der Waals surface area (Å²) < 4.78 is 13.6. The molecule has 1 spiro atoms. The number of rotatable bonds is 1. The zero-order chi connectivity index (χ0) is 10.3. The molecule has 0 bridgehead atoms. The second kappa shape index (κ2) is 3.20. The molecule has 2 fully saturated rings. The van der Waals surface area contributed by atoms with Crippen molar-refractivity contribution in [3.63, 3.8) is 0 Å². The Hall–Kier alpha value is -1.09. The van der Waals surface area contributed by atoms with Crippen molar-refractivity contribution in [2.45, 2.75) is 18.4 Å². The number of anilines is 1. The van der Waals surface area contributed by atoms with Gasteiger partial charge in [0.05, 0.1) is 5.69 Å². The van der Waals surface area contributed by atoms with E-state index < -0.39 is 0 Å². The van der Waals surface area contributed by atoms with Crippen LogP contribution in [-0.2, 0) is 0 Å². The van der Waals surface area contributed by atoms with Crippen LogP contribution in [0.5, 0.6) is 0 Å². The van der Waals surface area contributed by atoms with Crippen molar-refractivity contribution in [3.05, 3.63) is 30.1 Å². The number of piperazine rings is 1. The topological polar surface area (TPSA) is 15.3 Å². The van der Waals surface area contributed by atoms with E-state index in [4.69, 9.17) is 0 Å². The van der Waals surface area contributed by atoms with Gasteiger partial charge in [0.25, 0.3) is 0 Å². The van der Waals surface area contributed by atoms with Gasteiger partial charge in [0.2, 0.25) is 0 Å². The van der Waals surface area contributed by atoms with Gasteiger partial charge in [-0.15, -0.1) is 0 Å². The van der Waals surface area contributed by atoms with Gasteiger partial charge < -0.3 is 10.2 Å². The van der Waals surface area contributed by atoms with Gasteiger partial charge in [-0.25, -0.2) is 4.39 Å². The van der Waals surface area contributed by atoms with Crippen molar-refractivity contribution < 1.29 is 4.39 Å². The molecule has 0 amide bonds. The Bertz CT molecular complexity index is 374. The summed E-state index contributed by atoms with van der Waals surface area (Å²) >= 11 is 0. The third kappa shape index (κ3) is 1.61. The number of para-hydroxylation sites is 1. The van der Waals surface area contributed by atoms with Crippen LogP contribution in [0.3, 0.4) is 0 Å². The predicted molar refractivity (Wildman–Crippen MR) is 58.6 cm³/mol. The molecular formula is C12H15FN2. The summed E-state index contributed by atoms with van der Waals surface area (Å²) in [5, 5.41) is 3.52. The second-order valence-electron chi connectivity index (χ2n) is 4.58. The van der Waals surface area contributed by atoms with Crippen LogP contribution in [0.4, 0.5) is 10.1 Å². The molecule has 1 saturated heterocycles. The third-order valence-electron chi connectivity index (χ3n) is 3.42. The Balaban J connectivity index is 1.84. The summed E-state index contributed by atoms with van der Waals surface area (Å²) in [6.07, 6.45) is 2.47. The maximum absolute atomic E-state index is 13.6. The average Bonchev–Trinajstić information content (AvgIpc) is 2.98. The van der Waals surface area contributed by atoms with Crippen LogP contribution < -0.4 is 10.2 Å². The summed E-state index contributed by atoms with van der Waals surface area (Å²) in [4.78, 5) is 2.17. The maximum Gasteiger partial charge on any atom is 0.146 e. The lowest BCUT2D eigenvalue weighted by Crippen LogP contribution is -2.52. The molecule has 1 aliphatic heterocycles. The minimum absolute atomic E-state index is 0.102. The summed E-state index contributed by atoms with van der Waals surface area (Å²) in [6.45, 7) is 2.82. The van der Waals surface area contributed by atoms with Crippen LogP contribution >= 0.6 is 0 Å². The third-order valence-corrected chi connectivity index (χ3v) is 3.42. The molecule has 1 N–H and O–H groups in total. The molecule has 1 saturated carbocycles. The average molecular weight is 206 g/mol. The smallest absolute Gasteiger partial charge is 0.146 e. The summed E-state index contributed by atoms with van der Waals surface area (Å²) in [5.74, 6) is -0.102. The molecule has 0 atom stereocenters. The van der Waals surface area contributed by atoms with E-state index in [2.05, 4.69) is 10.2 Å². The van der Waals surface area contributed by atoms with Gasteiger partial charge in [0, 0.05) is 25.2 Å². The van der Waals surface area contributed by atoms with Crippen LogP contribution in [0.2, 0.25) is 0 Å². The molecule has 1 aromatic rings. The Morgan fingerprint density at radius 2 is 2.07 bits per heavy atom. The van der Waals surface area contributed by atoms with E-state index in [1.807, 2.05) is 12.1 Å². The summed E-state index contributed by atoms with van der Waals surface area (Å²) in [5.41, 5.74) is 1.06. The first-order chi connectivity index (χ1) is 7.29. The van der Waals surface area contributed by atoms with Gasteiger partial charge in [-0.3, -0.25) is 0 Å². The van der Waals surface area contributed by atoms with Crippen molar-refractivity contribution in [1.82, 2.24) is 5.32 Å². The first-order valence-corrected chi connectivity index (χ1v) is 5.54. The number of benzene rings is 1. The highest BCUT2D eigenvalue weighted by atomic mass is 19.1. The molecule has 0 aromatic heterocycles. The van der Waals surface area contributed by atoms with Crippen LogP contribution in [0.15, 0.2) is 24.3 Å². The molecule has 0 radical (unpaired) electrons. The van der Waals surface area contributed by atoms with Gasteiger partial charge in [0.1, 0.15) is 5.82 Å². The van der Waals surface area contributed by atoms with Crippen molar-refractivity contribution in [3.8, 4) is 0 Å². The fourth-order valence-corrected chi connectivity index (χ4v) is 2.36. The number of hydrogen-bond donors (Lipinski definition) is 1. The lowest BCUT2D eigenvalue weighted by molar-refractivity contribution is 0.438. The van der Waals surface area contributed by atoms with Gasteiger partial charge in [0.15, 0.2) is 0 Å². The van der Waals surface area contributed by atoms with Crippen molar-refractivity contribution in [2.75, 3.05) is 24.5 Å². The van der Waals surface area contributed by atoms with E-state index in [0.29, 0.717) is 5.54 Å². The van der Waals surface area contributed by atoms with Crippen LogP contribution in [0, 0.1) is 5.82 Å². The van der Waals surface area contributed by atoms with E-state index in [9.17, 15) is 4.39 Å². The maximum atomic E-state index is 13.6. The molecule has 15 heavy (non-hydrogen) atoms. The summed E-state index contributed by atoms with van der Waals surface area (Å²) in [7, 11) is 0. The van der Waals surface area contributed by atoms with E-state index in [1.165, 1.54) is 18.9 Å². The molecule has 2 nitrogen and oxygen atoms in total. The van der Waals surface area contributed by atoms with E-state index >= 15 is 0 Å². The molecule has 3 heteroatoms. The molecule has 1 aromatic carbocycles. The minimum Gasteiger partial charge on any atom is -0.366 e. The Labute approximate surface area is 89.1 Å². The standard InChI is InChI=1S/C12H15FN2/c13-10-3-1-2-4-11(10)15-8-7-14-12(9-15)5-6-12/h1-4,14H,5-9H2. The number of nitrogens with zero attached hydrogens (tertiary/aromatic N) is 1. The van der Waals surface area contributed by atoms with Crippen LogP contribution in [0.25, 0.3) is 0 Å². The van der Waals surface area contributed by atoms with Crippen molar-refractivity contribution in [1.29, 1.82) is 0 Å². The van der Waals surface area contributed by atoms with Crippen LogP contribution in [0.1, 0.15) is 12.8 Å². The highest BCUT2D eigenvalue weighted by molar-refractivity contribution is 5.49. The lowest BCUT2D eigenvalue weighted by atomic mass is 10.1. The minimum atomic E-state index is -0.102. The van der Waals surface area contributed by atoms with Crippen molar-refractivity contribution in [2.24, 2.45) is 0 Å².